The number of esters is 1. The lowest BCUT2D eigenvalue weighted by atomic mass is 9.95. The molecule has 1 fully saturated rings. The first-order chi connectivity index (χ1) is 16.0. The molecule has 1 aliphatic heterocycles. The Bertz CT molecular complexity index is 1060. The molecule has 34 heavy (non-hydrogen) atoms. The summed E-state index contributed by atoms with van der Waals surface area (Å²) in [6.07, 6.45) is -0.0438. The maximum absolute atomic E-state index is 13.0. The van der Waals surface area contributed by atoms with E-state index in [4.69, 9.17) is 9.47 Å². The van der Waals surface area contributed by atoms with E-state index in [2.05, 4.69) is 15.6 Å². The van der Waals surface area contributed by atoms with Crippen molar-refractivity contribution in [2.45, 2.75) is 66.0 Å². The highest BCUT2D eigenvalue weighted by atomic mass is 16.6. The van der Waals surface area contributed by atoms with Crippen molar-refractivity contribution < 1.29 is 28.7 Å². The molecule has 1 aliphatic rings. The lowest BCUT2D eigenvalue weighted by molar-refractivity contribution is -0.137. The molecule has 0 saturated carbocycles. The van der Waals surface area contributed by atoms with Gasteiger partial charge in [0.25, 0.3) is 5.91 Å². The Hall–Kier alpha value is -3.76. The van der Waals surface area contributed by atoms with E-state index < -0.39 is 41.6 Å². The molecule has 182 valence electrons. The van der Waals surface area contributed by atoms with Crippen LogP contribution in [0, 0.1) is 5.41 Å². The molecule has 3 atom stereocenters. The van der Waals surface area contributed by atoms with E-state index in [1.807, 2.05) is 30.3 Å². The van der Waals surface area contributed by atoms with Gasteiger partial charge in [-0.3, -0.25) is 9.59 Å². The fourth-order valence-electron chi connectivity index (χ4n) is 3.28. The summed E-state index contributed by atoms with van der Waals surface area (Å²) in [5, 5.41) is 10.4. The molecule has 11 nitrogen and oxygen atoms in total. The Morgan fingerprint density at radius 3 is 2.53 bits per heavy atom. The van der Waals surface area contributed by atoms with Crippen LogP contribution in [0.25, 0.3) is 0 Å². The average molecular weight is 472 g/mol. The smallest absolute Gasteiger partial charge is 0.417 e. The molecule has 2 aromatic rings. The Kier molecular flexibility index (Phi) is 7.33. The fourth-order valence-corrected chi connectivity index (χ4v) is 3.28. The highest BCUT2D eigenvalue weighted by molar-refractivity contribution is 5.98. The van der Waals surface area contributed by atoms with E-state index in [0.717, 1.165) is 10.5 Å². The van der Waals surface area contributed by atoms with Gasteiger partial charge in [0.05, 0.1) is 18.8 Å². The number of cyclic esters (lactones) is 1. The molecule has 1 N–H and O–H groups in total. The predicted molar refractivity (Wildman–Crippen MR) is 119 cm³/mol. The summed E-state index contributed by atoms with van der Waals surface area (Å²) >= 11 is 0. The molecular formula is C23H29N5O6. The minimum Gasteiger partial charge on any atom is -0.456 e. The SMILES string of the molecule is CC(NC(=O)C(C)(C)C)C(=O)N1C(=O)OC(C)C1Cn1cc(C(=O)OCc2ccccc2)nn1. The number of benzene rings is 1. The van der Waals surface area contributed by atoms with Gasteiger partial charge in [-0.1, -0.05) is 56.3 Å². The summed E-state index contributed by atoms with van der Waals surface area (Å²) in [6, 6.07) is 7.57. The number of imide groups is 1. The van der Waals surface area contributed by atoms with Gasteiger partial charge < -0.3 is 14.8 Å². The van der Waals surface area contributed by atoms with Gasteiger partial charge in [0.2, 0.25) is 5.91 Å². The number of aromatic nitrogens is 3. The van der Waals surface area contributed by atoms with Crippen molar-refractivity contribution in [3.05, 3.63) is 47.8 Å². The molecule has 0 aliphatic carbocycles. The second kappa shape index (κ2) is 10.0. The first-order valence-electron chi connectivity index (χ1n) is 10.9. The summed E-state index contributed by atoms with van der Waals surface area (Å²) < 4.78 is 11.8. The van der Waals surface area contributed by atoms with Crippen LogP contribution in [0.3, 0.4) is 0 Å². The zero-order chi connectivity index (χ0) is 25.0. The number of ether oxygens (including phenoxy) is 2. The van der Waals surface area contributed by atoms with Gasteiger partial charge in [-0.25, -0.2) is 19.2 Å². The maximum atomic E-state index is 13.0. The Balaban J connectivity index is 1.66. The topological polar surface area (TPSA) is 133 Å². The van der Waals surface area contributed by atoms with Crippen LogP contribution >= 0.6 is 0 Å². The third-order valence-electron chi connectivity index (χ3n) is 5.33. The standard InChI is InChI=1S/C23H29N5O6/c1-14(24-21(31)23(3,4)5)19(29)28-18(15(2)34-22(28)32)12-27-11-17(25-26-27)20(30)33-13-16-9-7-6-8-10-16/h6-11,14-15,18H,12-13H2,1-5H3,(H,24,31). The Morgan fingerprint density at radius 1 is 1.21 bits per heavy atom. The molecule has 1 aromatic heterocycles. The van der Waals surface area contributed by atoms with Crippen LogP contribution in [0.4, 0.5) is 4.79 Å². The van der Waals surface area contributed by atoms with Crippen molar-refractivity contribution in [1.82, 2.24) is 25.2 Å². The molecule has 3 rings (SSSR count). The monoisotopic (exact) mass is 471 g/mol. The van der Waals surface area contributed by atoms with Gasteiger partial charge in [0, 0.05) is 5.41 Å². The van der Waals surface area contributed by atoms with Crippen molar-refractivity contribution in [2.75, 3.05) is 0 Å². The van der Waals surface area contributed by atoms with E-state index in [0.29, 0.717) is 0 Å². The second-order valence-corrected chi connectivity index (χ2v) is 9.20. The molecule has 1 aromatic carbocycles. The van der Waals surface area contributed by atoms with E-state index in [-0.39, 0.29) is 24.8 Å². The number of hydrogen-bond donors (Lipinski definition) is 1. The summed E-state index contributed by atoms with van der Waals surface area (Å²) in [5.41, 5.74) is 0.136. The Morgan fingerprint density at radius 2 is 1.88 bits per heavy atom. The van der Waals surface area contributed by atoms with Gasteiger partial charge in [0.15, 0.2) is 5.69 Å². The highest BCUT2D eigenvalue weighted by Crippen LogP contribution is 2.22. The highest BCUT2D eigenvalue weighted by Gasteiger charge is 2.45. The lowest BCUT2D eigenvalue weighted by Crippen LogP contribution is -2.53. The van der Waals surface area contributed by atoms with Gasteiger partial charge in [-0.2, -0.15) is 0 Å². The van der Waals surface area contributed by atoms with Crippen LogP contribution in [-0.4, -0.2) is 62.0 Å². The first-order valence-corrected chi connectivity index (χ1v) is 10.9. The number of hydrogen-bond acceptors (Lipinski definition) is 8. The van der Waals surface area contributed by atoms with Crippen LogP contribution < -0.4 is 5.32 Å². The lowest BCUT2D eigenvalue weighted by Gasteiger charge is -2.26. The van der Waals surface area contributed by atoms with E-state index in [9.17, 15) is 19.2 Å². The van der Waals surface area contributed by atoms with E-state index in [1.165, 1.54) is 17.8 Å². The summed E-state index contributed by atoms with van der Waals surface area (Å²) in [6.45, 7) is 8.48. The van der Waals surface area contributed by atoms with Gasteiger partial charge in [0.1, 0.15) is 18.8 Å². The third-order valence-corrected chi connectivity index (χ3v) is 5.33. The van der Waals surface area contributed by atoms with Crippen LogP contribution in [0.1, 0.15) is 50.7 Å². The van der Waals surface area contributed by atoms with Gasteiger partial charge in [-0.05, 0) is 19.4 Å². The molecule has 3 unspecified atom stereocenters. The minimum absolute atomic E-state index is 0.00230. The zero-order valence-corrected chi connectivity index (χ0v) is 19.8. The number of carbonyl (C=O) groups is 4. The quantitative estimate of drug-likeness (QED) is 0.606. The van der Waals surface area contributed by atoms with Crippen LogP contribution in [0.2, 0.25) is 0 Å². The number of carbonyl (C=O) groups excluding carboxylic acids is 4. The van der Waals surface area contributed by atoms with Crippen molar-refractivity contribution in [3.8, 4) is 0 Å². The molecule has 11 heteroatoms. The predicted octanol–water partition coefficient (Wildman–Crippen LogP) is 1.92. The van der Waals surface area contributed by atoms with Crippen molar-refractivity contribution in [1.29, 1.82) is 0 Å². The molecule has 1 saturated heterocycles. The minimum atomic E-state index is -0.939. The third kappa shape index (κ3) is 5.77. The van der Waals surface area contributed by atoms with E-state index in [1.54, 1.807) is 27.7 Å². The number of rotatable bonds is 7. The molecule has 2 heterocycles. The normalized spacial score (nSPS) is 18.9. The number of amides is 3. The maximum Gasteiger partial charge on any atom is 0.417 e. The second-order valence-electron chi connectivity index (χ2n) is 9.20. The van der Waals surface area contributed by atoms with Crippen LogP contribution in [-0.2, 0) is 32.2 Å². The van der Waals surface area contributed by atoms with Crippen LogP contribution in [0.5, 0.6) is 0 Å². The molecule has 0 radical (unpaired) electrons. The van der Waals surface area contributed by atoms with Gasteiger partial charge in [-0.15, -0.1) is 5.10 Å². The zero-order valence-electron chi connectivity index (χ0n) is 19.8. The first kappa shape index (κ1) is 24.9. The summed E-state index contributed by atoms with van der Waals surface area (Å²) in [4.78, 5) is 50.9. The molecule has 0 bridgehead atoms. The number of nitrogens with zero attached hydrogens (tertiary/aromatic N) is 4. The van der Waals surface area contributed by atoms with Crippen molar-refractivity contribution in [3.63, 3.8) is 0 Å². The largest absolute Gasteiger partial charge is 0.456 e. The molecule has 3 amide bonds. The molecule has 0 spiro atoms. The van der Waals surface area contributed by atoms with E-state index >= 15 is 0 Å². The van der Waals surface area contributed by atoms with Crippen LogP contribution in [0.15, 0.2) is 36.5 Å². The Labute approximate surface area is 197 Å². The van der Waals surface area contributed by atoms with Crippen molar-refractivity contribution >= 4 is 23.9 Å². The fraction of sp³-hybridized carbons (Fsp3) is 0.478. The van der Waals surface area contributed by atoms with Crippen molar-refractivity contribution in [2.24, 2.45) is 5.41 Å². The summed E-state index contributed by atoms with van der Waals surface area (Å²) in [7, 11) is 0. The molecular weight excluding hydrogens is 442 g/mol. The summed E-state index contributed by atoms with van der Waals surface area (Å²) in [5.74, 6) is -1.56. The number of nitrogens with one attached hydrogen (secondary N) is 1. The van der Waals surface area contributed by atoms with Gasteiger partial charge >= 0.3 is 12.1 Å². The average Bonchev–Trinajstić information content (AvgIpc) is 3.35.